The van der Waals surface area contributed by atoms with Gasteiger partial charge in [0.25, 0.3) is 0 Å². The van der Waals surface area contributed by atoms with Crippen LogP contribution in [0, 0.1) is 5.92 Å². The standard InChI is InChI=1S/C15H25N3O2/c1-3-8-16-13-9-15(18-14(17-13)11-19-2)20-10-12-6-4-5-7-12/h9,12H,3-8,10-11H2,1-2H3,(H,16,17,18). The average molecular weight is 279 g/mol. The zero-order chi connectivity index (χ0) is 14.2. The molecule has 5 heteroatoms. The molecule has 0 saturated heterocycles. The molecule has 112 valence electrons. The molecule has 1 heterocycles. The van der Waals surface area contributed by atoms with Gasteiger partial charge in [0, 0.05) is 19.7 Å². The zero-order valence-corrected chi connectivity index (χ0v) is 12.5. The molecule has 1 aliphatic rings. The Hall–Kier alpha value is -1.36. The Kier molecular flexibility index (Phi) is 6.05. The van der Waals surface area contributed by atoms with Crippen LogP contribution in [0.4, 0.5) is 5.82 Å². The highest BCUT2D eigenvalue weighted by molar-refractivity contribution is 5.38. The van der Waals surface area contributed by atoms with E-state index in [1.807, 2.05) is 6.07 Å². The number of aromatic nitrogens is 2. The van der Waals surface area contributed by atoms with Crippen molar-refractivity contribution in [3.63, 3.8) is 0 Å². The van der Waals surface area contributed by atoms with E-state index in [0.29, 0.717) is 24.2 Å². The van der Waals surface area contributed by atoms with Gasteiger partial charge >= 0.3 is 0 Å². The molecule has 0 radical (unpaired) electrons. The second-order valence-corrected chi connectivity index (χ2v) is 5.33. The Balaban J connectivity index is 1.98. The van der Waals surface area contributed by atoms with E-state index in [1.54, 1.807) is 7.11 Å². The molecule has 0 aliphatic heterocycles. The Bertz CT molecular complexity index is 406. The molecular formula is C15H25N3O2. The third kappa shape index (κ3) is 4.63. The van der Waals surface area contributed by atoms with Crippen LogP contribution in [-0.4, -0.2) is 30.2 Å². The summed E-state index contributed by atoms with van der Waals surface area (Å²) in [5.74, 6) is 2.81. The van der Waals surface area contributed by atoms with E-state index in [2.05, 4.69) is 22.2 Å². The lowest BCUT2D eigenvalue weighted by molar-refractivity contribution is 0.175. The number of anilines is 1. The maximum Gasteiger partial charge on any atom is 0.218 e. The quantitative estimate of drug-likeness (QED) is 0.792. The van der Waals surface area contributed by atoms with Crippen LogP contribution < -0.4 is 10.1 Å². The van der Waals surface area contributed by atoms with E-state index >= 15 is 0 Å². The van der Waals surface area contributed by atoms with E-state index in [9.17, 15) is 0 Å². The van der Waals surface area contributed by atoms with Crippen molar-refractivity contribution in [2.75, 3.05) is 25.6 Å². The summed E-state index contributed by atoms with van der Waals surface area (Å²) >= 11 is 0. The van der Waals surface area contributed by atoms with Crippen LogP contribution in [0.3, 0.4) is 0 Å². The fraction of sp³-hybridized carbons (Fsp3) is 0.733. The van der Waals surface area contributed by atoms with Crippen molar-refractivity contribution < 1.29 is 9.47 Å². The van der Waals surface area contributed by atoms with Gasteiger partial charge in [-0.05, 0) is 25.2 Å². The lowest BCUT2D eigenvalue weighted by Crippen LogP contribution is -2.11. The van der Waals surface area contributed by atoms with E-state index in [4.69, 9.17) is 9.47 Å². The number of hydrogen-bond donors (Lipinski definition) is 1. The summed E-state index contributed by atoms with van der Waals surface area (Å²) in [6.45, 7) is 4.19. The molecule has 2 rings (SSSR count). The minimum Gasteiger partial charge on any atom is -0.477 e. The molecule has 1 aromatic heterocycles. The lowest BCUT2D eigenvalue weighted by Gasteiger charge is -2.13. The largest absolute Gasteiger partial charge is 0.477 e. The number of ether oxygens (including phenoxy) is 2. The molecule has 0 atom stereocenters. The number of nitrogens with one attached hydrogen (secondary N) is 1. The molecule has 1 aromatic rings. The van der Waals surface area contributed by atoms with Crippen LogP contribution in [0.25, 0.3) is 0 Å². The smallest absolute Gasteiger partial charge is 0.218 e. The van der Waals surface area contributed by atoms with Gasteiger partial charge in [0.15, 0.2) is 5.82 Å². The van der Waals surface area contributed by atoms with Crippen LogP contribution in [-0.2, 0) is 11.3 Å². The molecular weight excluding hydrogens is 254 g/mol. The molecule has 0 aromatic carbocycles. The Morgan fingerprint density at radius 2 is 2.10 bits per heavy atom. The Morgan fingerprint density at radius 3 is 2.80 bits per heavy atom. The van der Waals surface area contributed by atoms with Crippen molar-refractivity contribution in [2.24, 2.45) is 5.92 Å². The molecule has 1 fully saturated rings. The first-order valence-electron chi connectivity index (χ1n) is 7.55. The first kappa shape index (κ1) is 15.0. The van der Waals surface area contributed by atoms with Crippen molar-refractivity contribution in [1.29, 1.82) is 0 Å². The average Bonchev–Trinajstić information content (AvgIpc) is 2.96. The maximum atomic E-state index is 5.85. The van der Waals surface area contributed by atoms with E-state index in [0.717, 1.165) is 25.4 Å². The molecule has 5 nitrogen and oxygen atoms in total. The normalized spacial score (nSPS) is 15.5. The van der Waals surface area contributed by atoms with Crippen LogP contribution in [0.1, 0.15) is 44.9 Å². The summed E-state index contributed by atoms with van der Waals surface area (Å²) in [6.07, 6.45) is 6.27. The van der Waals surface area contributed by atoms with Gasteiger partial charge in [0.05, 0.1) is 6.61 Å². The van der Waals surface area contributed by atoms with Crippen molar-refractivity contribution in [3.05, 3.63) is 11.9 Å². The van der Waals surface area contributed by atoms with E-state index < -0.39 is 0 Å². The summed E-state index contributed by atoms with van der Waals surface area (Å²) in [4.78, 5) is 8.81. The molecule has 0 spiro atoms. The predicted molar refractivity (Wildman–Crippen MR) is 79.0 cm³/mol. The monoisotopic (exact) mass is 279 g/mol. The van der Waals surface area contributed by atoms with Crippen LogP contribution in [0.2, 0.25) is 0 Å². The van der Waals surface area contributed by atoms with Gasteiger partial charge in [-0.2, -0.15) is 4.98 Å². The van der Waals surface area contributed by atoms with Gasteiger partial charge in [-0.15, -0.1) is 0 Å². The molecule has 1 saturated carbocycles. The van der Waals surface area contributed by atoms with Gasteiger partial charge in [-0.1, -0.05) is 19.8 Å². The summed E-state index contributed by atoms with van der Waals surface area (Å²) < 4.78 is 11.0. The van der Waals surface area contributed by atoms with Gasteiger partial charge in [-0.25, -0.2) is 4.98 Å². The SMILES string of the molecule is CCCNc1cc(OCC2CCCC2)nc(COC)n1. The van der Waals surface area contributed by atoms with Crippen molar-refractivity contribution >= 4 is 5.82 Å². The maximum absolute atomic E-state index is 5.85. The van der Waals surface area contributed by atoms with Gasteiger partial charge in [-0.3, -0.25) is 0 Å². The van der Waals surface area contributed by atoms with Gasteiger partial charge in [0.2, 0.25) is 5.88 Å². The summed E-state index contributed by atoms with van der Waals surface area (Å²) in [5.41, 5.74) is 0. The number of rotatable bonds is 8. The Labute approximate surface area is 121 Å². The molecule has 20 heavy (non-hydrogen) atoms. The second kappa shape index (κ2) is 8.04. The Morgan fingerprint density at radius 1 is 1.30 bits per heavy atom. The van der Waals surface area contributed by atoms with Crippen molar-refractivity contribution in [3.8, 4) is 5.88 Å². The summed E-state index contributed by atoms with van der Waals surface area (Å²) in [7, 11) is 1.65. The third-order valence-corrected chi connectivity index (χ3v) is 3.52. The first-order valence-corrected chi connectivity index (χ1v) is 7.55. The van der Waals surface area contributed by atoms with Gasteiger partial charge < -0.3 is 14.8 Å². The summed E-state index contributed by atoms with van der Waals surface area (Å²) in [5, 5.41) is 3.27. The van der Waals surface area contributed by atoms with E-state index in [-0.39, 0.29) is 0 Å². The molecule has 1 N–H and O–H groups in total. The fourth-order valence-electron chi connectivity index (χ4n) is 2.46. The van der Waals surface area contributed by atoms with E-state index in [1.165, 1.54) is 25.7 Å². The van der Waals surface area contributed by atoms with Crippen LogP contribution >= 0.6 is 0 Å². The van der Waals surface area contributed by atoms with Crippen LogP contribution in [0.5, 0.6) is 5.88 Å². The summed E-state index contributed by atoms with van der Waals surface area (Å²) in [6, 6.07) is 1.88. The topological polar surface area (TPSA) is 56.3 Å². The third-order valence-electron chi connectivity index (χ3n) is 3.52. The molecule has 0 unspecified atom stereocenters. The fourth-order valence-corrected chi connectivity index (χ4v) is 2.46. The highest BCUT2D eigenvalue weighted by Gasteiger charge is 2.16. The predicted octanol–water partition coefficient (Wildman–Crippen LogP) is 3.01. The molecule has 0 amide bonds. The lowest BCUT2D eigenvalue weighted by atomic mass is 10.1. The second-order valence-electron chi connectivity index (χ2n) is 5.33. The number of nitrogens with zero attached hydrogens (tertiary/aromatic N) is 2. The number of hydrogen-bond acceptors (Lipinski definition) is 5. The molecule has 1 aliphatic carbocycles. The van der Waals surface area contributed by atoms with Gasteiger partial charge in [0.1, 0.15) is 12.4 Å². The first-order chi connectivity index (χ1) is 9.81. The zero-order valence-electron chi connectivity index (χ0n) is 12.5. The van der Waals surface area contributed by atoms with Crippen molar-refractivity contribution in [2.45, 2.75) is 45.6 Å². The highest BCUT2D eigenvalue weighted by atomic mass is 16.5. The van der Waals surface area contributed by atoms with Crippen LogP contribution in [0.15, 0.2) is 6.07 Å². The minimum atomic E-state index is 0.404. The number of methoxy groups -OCH3 is 1. The highest BCUT2D eigenvalue weighted by Crippen LogP contribution is 2.25. The minimum absolute atomic E-state index is 0.404. The molecule has 0 bridgehead atoms. The van der Waals surface area contributed by atoms with Crippen molar-refractivity contribution in [1.82, 2.24) is 9.97 Å².